The van der Waals surface area contributed by atoms with Crippen LogP contribution in [0.15, 0.2) is 63.9 Å². The van der Waals surface area contributed by atoms with Crippen LogP contribution < -0.4 is 5.43 Å². The Kier molecular flexibility index (Phi) is 6.46. The number of sulfonamides is 1. The standard InChI is InChI=1S/C24H28N4O2S2/c1-24(2,3)20-10-6-18(7-11-20)16-25-27-23-26-22(17-31-23)19-8-12-21(13-9-19)32(29,30)28-14-4-5-15-28/h6-13,16-17H,4-5,14-15H2,1-3H3,(H,26,27). The molecule has 168 valence electrons. The van der Waals surface area contributed by atoms with Gasteiger partial charge in [-0.25, -0.2) is 13.4 Å². The molecule has 0 radical (unpaired) electrons. The van der Waals surface area contributed by atoms with E-state index in [1.807, 2.05) is 17.5 Å². The Balaban J connectivity index is 1.40. The summed E-state index contributed by atoms with van der Waals surface area (Å²) in [5.41, 5.74) is 7.05. The highest BCUT2D eigenvalue weighted by Gasteiger charge is 2.27. The largest absolute Gasteiger partial charge is 0.253 e. The van der Waals surface area contributed by atoms with E-state index in [0.717, 1.165) is 29.7 Å². The molecule has 1 aliphatic heterocycles. The average Bonchev–Trinajstić information content (AvgIpc) is 3.47. The van der Waals surface area contributed by atoms with Crippen LogP contribution in [0.4, 0.5) is 5.13 Å². The zero-order valence-electron chi connectivity index (χ0n) is 18.6. The van der Waals surface area contributed by atoms with Crippen molar-refractivity contribution in [2.24, 2.45) is 5.10 Å². The number of hydrogen-bond donors (Lipinski definition) is 1. The lowest BCUT2D eigenvalue weighted by Gasteiger charge is -2.18. The van der Waals surface area contributed by atoms with Crippen molar-refractivity contribution in [1.29, 1.82) is 0 Å². The first-order chi connectivity index (χ1) is 15.2. The molecule has 0 bridgehead atoms. The molecule has 8 heteroatoms. The fourth-order valence-corrected chi connectivity index (χ4v) is 5.75. The molecule has 1 aromatic heterocycles. The second-order valence-electron chi connectivity index (χ2n) is 8.92. The van der Waals surface area contributed by atoms with Gasteiger partial charge in [0.05, 0.1) is 16.8 Å². The molecule has 1 saturated heterocycles. The summed E-state index contributed by atoms with van der Waals surface area (Å²) in [6.45, 7) is 7.78. The molecule has 4 rings (SSSR count). The Labute approximate surface area is 194 Å². The van der Waals surface area contributed by atoms with Gasteiger partial charge >= 0.3 is 0 Å². The van der Waals surface area contributed by atoms with E-state index in [9.17, 15) is 8.42 Å². The van der Waals surface area contributed by atoms with Crippen LogP contribution in [0.25, 0.3) is 11.3 Å². The van der Waals surface area contributed by atoms with Gasteiger partial charge < -0.3 is 0 Å². The van der Waals surface area contributed by atoms with E-state index in [2.05, 4.69) is 60.5 Å². The maximum absolute atomic E-state index is 12.7. The molecule has 2 aromatic carbocycles. The van der Waals surface area contributed by atoms with Crippen LogP contribution in [0.5, 0.6) is 0 Å². The molecule has 1 N–H and O–H groups in total. The van der Waals surface area contributed by atoms with Crippen molar-refractivity contribution in [1.82, 2.24) is 9.29 Å². The zero-order chi connectivity index (χ0) is 22.8. The van der Waals surface area contributed by atoms with Gasteiger partial charge in [0.15, 0.2) is 0 Å². The minimum absolute atomic E-state index is 0.127. The van der Waals surface area contributed by atoms with E-state index in [1.165, 1.54) is 16.9 Å². The maximum atomic E-state index is 12.7. The van der Waals surface area contributed by atoms with E-state index in [0.29, 0.717) is 23.1 Å². The fraction of sp³-hybridized carbons (Fsp3) is 0.333. The minimum Gasteiger partial charge on any atom is -0.253 e. The van der Waals surface area contributed by atoms with Gasteiger partial charge in [-0.15, -0.1) is 11.3 Å². The lowest BCUT2D eigenvalue weighted by atomic mass is 9.87. The Morgan fingerprint density at radius 2 is 1.69 bits per heavy atom. The molecule has 0 spiro atoms. The molecule has 0 unspecified atom stereocenters. The number of aromatic nitrogens is 1. The lowest BCUT2D eigenvalue weighted by Crippen LogP contribution is -2.27. The molecule has 6 nitrogen and oxygen atoms in total. The second kappa shape index (κ2) is 9.13. The third-order valence-electron chi connectivity index (χ3n) is 5.51. The fourth-order valence-electron chi connectivity index (χ4n) is 3.56. The number of hydrogen-bond acceptors (Lipinski definition) is 6. The Bertz CT molecular complexity index is 1190. The molecule has 2 heterocycles. The highest BCUT2D eigenvalue weighted by Crippen LogP contribution is 2.27. The van der Waals surface area contributed by atoms with Crippen LogP contribution in [-0.2, 0) is 15.4 Å². The van der Waals surface area contributed by atoms with Crippen molar-refractivity contribution in [3.63, 3.8) is 0 Å². The molecule has 32 heavy (non-hydrogen) atoms. The highest BCUT2D eigenvalue weighted by atomic mass is 32.2. The molecule has 0 amide bonds. The van der Waals surface area contributed by atoms with Gasteiger partial charge in [-0.05, 0) is 41.5 Å². The average molecular weight is 469 g/mol. The number of thiazole rings is 1. The van der Waals surface area contributed by atoms with Crippen molar-refractivity contribution in [3.05, 3.63) is 65.0 Å². The van der Waals surface area contributed by atoms with Crippen LogP contribution in [-0.4, -0.2) is 37.0 Å². The summed E-state index contributed by atoms with van der Waals surface area (Å²) in [6, 6.07) is 15.3. The number of rotatable bonds is 6. The monoisotopic (exact) mass is 468 g/mol. The minimum atomic E-state index is -3.40. The van der Waals surface area contributed by atoms with E-state index in [1.54, 1.807) is 22.7 Å². The molecule has 0 atom stereocenters. The third-order valence-corrected chi connectivity index (χ3v) is 8.17. The maximum Gasteiger partial charge on any atom is 0.243 e. The number of benzene rings is 2. The van der Waals surface area contributed by atoms with E-state index in [-0.39, 0.29) is 5.41 Å². The zero-order valence-corrected chi connectivity index (χ0v) is 20.2. The summed E-state index contributed by atoms with van der Waals surface area (Å²) >= 11 is 1.45. The van der Waals surface area contributed by atoms with Crippen molar-refractivity contribution >= 4 is 32.7 Å². The van der Waals surface area contributed by atoms with Gasteiger partial charge in [-0.3, -0.25) is 5.43 Å². The second-order valence-corrected chi connectivity index (χ2v) is 11.7. The van der Waals surface area contributed by atoms with Crippen molar-refractivity contribution in [2.75, 3.05) is 18.5 Å². The Morgan fingerprint density at radius 1 is 1.03 bits per heavy atom. The molecule has 0 saturated carbocycles. The summed E-state index contributed by atoms with van der Waals surface area (Å²) in [7, 11) is -3.40. The molecule has 3 aromatic rings. The van der Waals surface area contributed by atoms with Crippen LogP contribution in [0.1, 0.15) is 44.7 Å². The Morgan fingerprint density at radius 3 is 2.31 bits per heavy atom. The van der Waals surface area contributed by atoms with Gasteiger partial charge in [0.2, 0.25) is 15.2 Å². The molecule has 0 aliphatic carbocycles. The first-order valence-electron chi connectivity index (χ1n) is 10.7. The van der Waals surface area contributed by atoms with E-state index >= 15 is 0 Å². The van der Waals surface area contributed by atoms with Crippen LogP contribution in [0.3, 0.4) is 0 Å². The number of hydrazone groups is 1. The lowest BCUT2D eigenvalue weighted by molar-refractivity contribution is 0.477. The van der Waals surface area contributed by atoms with Gasteiger partial charge in [-0.2, -0.15) is 9.41 Å². The van der Waals surface area contributed by atoms with Crippen LogP contribution in [0.2, 0.25) is 0 Å². The van der Waals surface area contributed by atoms with Gasteiger partial charge in [0.25, 0.3) is 0 Å². The van der Waals surface area contributed by atoms with Crippen molar-refractivity contribution < 1.29 is 8.42 Å². The number of anilines is 1. The highest BCUT2D eigenvalue weighted by molar-refractivity contribution is 7.89. The van der Waals surface area contributed by atoms with E-state index < -0.39 is 10.0 Å². The molecular weight excluding hydrogens is 440 g/mol. The van der Waals surface area contributed by atoms with Crippen LogP contribution in [0, 0.1) is 0 Å². The Hall–Kier alpha value is -2.55. The summed E-state index contributed by atoms with van der Waals surface area (Å²) in [5, 5.41) is 6.90. The first-order valence-corrected chi connectivity index (χ1v) is 13.0. The smallest absolute Gasteiger partial charge is 0.243 e. The van der Waals surface area contributed by atoms with Crippen molar-refractivity contribution in [3.8, 4) is 11.3 Å². The summed E-state index contributed by atoms with van der Waals surface area (Å²) in [6.07, 6.45) is 3.62. The predicted molar refractivity (Wildman–Crippen MR) is 132 cm³/mol. The predicted octanol–water partition coefficient (Wildman–Crippen LogP) is 5.34. The number of nitrogens with zero attached hydrogens (tertiary/aromatic N) is 3. The van der Waals surface area contributed by atoms with Gasteiger partial charge in [0.1, 0.15) is 0 Å². The molecule has 1 aliphatic rings. The van der Waals surface area contributed by atoms with Gasteiger partial charge in [-0.1, -0.05) is 57.2 Å². The SMILES string of the molecule is CC(C)(C)c1ccc(C=NNc2nc(-c3ccc(S(=O)(=O)N4CCCC4)cc3)cs2)cc1. The summed E-state index contributed by atoms with van der Waals surface area (Å²) < 4.78 is 26.9. The van der Waals surface area contributed by atoms with Gasteiger partial charge in [0, 0.05) is 24.0 Å². The molecular formula is C24H28N4O2S2. The normalized spacial score (nSPS) is 15.5. The topological polar surface area (TPSA) is 74.7 Å². The summed E-state index contributed by atoms with van der Waals surface area (Å²) in [4.78, 5) is 4.89. The van der Waals surface area contributed by atoms with Crippen LogP contribution >= 0.6 is 11.3 Å². The molecule has 1 fully saturated rings. The number of nitrogens with one attached hydrogen (secondary N) is 1. The van der Waals surface area contributed by atoms with Crippen molar-refractivity contribution in [2.45, 2.75) is 43.9 Å². The van der Waals surface area contributed by atoms with E-state index in [4.69, 9.17) is 0 Å². The quantitative estimate of drug-likeness (QED) is 0.391. The third kappa shape index (κ3) is 5.09. The summed E-state index contributed by atoms with van der Waals surface area (Å²) in [5.74, 6) is 0. The first kappa shape index (κ1) is 22.6.